The third-order valence-corrected chi connectivity index (χ3v) is 5.49. The number of aromatic nitrogens is 2. The van der Waals surface area contributed by atoms with E-state index in [2.05, 4.69) is 26.0 Å². The molecule has 0 saturated carbocycles. The van der Waals surface area contributed by atoms with Gasteiger partial charge in [-0.1, -0.05) is 47.5 Å². The fourth-order valence-corrected chi connectivity index (χ4v) is 4.02. The zero-order chi connectivity index (χ0) is 22.0. The van der Waals surface area contributed by atoms with Crippen LogP contribution < -0.4 is 16.0 Å². The first kappa shape index (κ1) is 21.4. The Morgan fingerprint density at radius 1 is 1.03 bits per heavy atom. The van der Waals surface area contributed by atoms with Gasteiger partial charge in [-0.3, -0.25) is 4.79 Å². The average molecular weight is 519 g/mol. The number of hydrogen-bond donors (Lipinski definition) is 1. The number of rotatable bonds is 5. The van der Waals surface area contributed by atoms with Crippen LogP contribution in [0.1, 0.15) is 11.1 Å². The van der Waals surface area contributed by atoms with Gasteiger partial charge in [0.2, 0.25) is 0 Å². The second-order valence-electron chi connectivity index (χ2n) is 6.56. The van der Waals surface area contributed by atoms with E-state index >= 15 is 0 Å². The van der Waals surface area contributed by atoms with Gasteiger partial charge in [-0.05, 0) is 57.9 Å². The number of ether oxygens (including phenoxy) is 1. The van der Waals surface area contributed by atoms with Crippen molar-refractivity contribution in [2.24, 2.45) is 5.10 Å². The van der Waals surface area contributed by atoms with Gasteiger partial charge >= 0.3 is 5.69 Å². The van der Waals surface area contributed by atoms with Crippen LogP contribution in [0.5, 0.6) is 5.75 Å². The molecular formula is C22H14BrCl2N3O3. The molecule has 1 N–H and O–H groups in total. The molecule has 0 unspecified atom stereocenters. The highest BCUT2D eigenvalue weighted by Gasteiger charge is 2.11. The molecule has 3 aromatic carbocycles. The fraction of sp³-hybridized carbons (Fsp3) is 0.0455. The lowest BCUT2D eigenvalue weighted by Gasteiger charge is -2.12. The minimum atomic E-state index is -0.648. The monoisotopic (exact) mass is 517 g/mol. The van der Waals surface area contributed by atoms with E-state index in [0.717, 1.165) is 10.2 Å². The third kappa shape index (κ3) is 4.74. The quantitative estimate of drug-likeness (QED) is 0.368. The van der Waals surface area contributed by atoms with Crippen molar-refractivity contribution >= 4 is 56.2 Å². The molecule has 0 radical (unpaired) electrons. The summed E-state index contributed by atoms with van der Waals surface area (Å²) in [6, 6.07) is 17.3. The summed E-state index contributed by atoms with van der Waals surface area (Å²) in [5.74, 6) is 0.466. The largest absolute Gasteiger partial charge is 0.487 e. The summed E-state index contributed by atoms with van der Waals surface area (Å²) in [5.41, 5.74) is 0.676. The van der Waals surface area contributed by atoms with E-state index < -0.39 is 11.2 Å². The molecule has 0 aliphatic carbocycles. The van der Waals surface area contributed by atoms with Crippen LogP contribution in [0.3, 0.4) is 0 Å². The summed E-state index contributed by atoms with van der Waals surface area (Å²) in [7, 11) is 0. The maximum Gasteiger partial charge on any atom is 0.349 e. The van der Waals surface area contributed by atoms with Crippen LogP contribution in [-0.2, 0) is 6.61 Å². The zero-order valence-corrected chi connectivity index (χ0v) is 18.9. The topological polar surface area (TPSA) is 76.5 Å². The van der Waals surface area contributed by atoms with Crippen LogP contribution in [0.25, 0.3) is 10.9 Å². The number of hydrogen-bond acceptors (Lipinski definition) is 4. The Morgan fingerprint density at radius 3 is 2.55 bits per heavy atom. The van der Waals surface area contributed by atoms with Crippen molar-refractivity contribution in [1.82, 2.24) is 9.66 Å². The Kier molecular flexibility index (Phi) is 6.27. The van der Waals surface area contributed by atoms with E-state index in [1.54, 1.807) is 48.5 Å². The van der Waals surface area contributed by atoms with Crippen LogP contribution in [0.15, 0.2) is 79.8 Å². The lowest BCUT2D eigenvalue weighted by molar-refractivity contribution is 0.304. The molecule has 0 saturated heterocycles. The van der Waals surface area contributed by atoms with Crippen LogP contribution in [-0.4, -0.2) is 15.9 Å². The zero-order valence-electron chi connectivity index (χ0n) is 15.8. The summed E-state index contributed by atoms with van der Waals surface area (Å²) >= 11 is 15.5. The van der Waals surface area contributed by atoms with Gasteiger partial charge in [0.15, 0.2) is 0 Å². The summed E-state index contributed by atoms with van der Waals surface area (Å²) in [4.78, 5) is 27.7. The van der Waals surface area contributed by atoms with Crippen LogP contribution >= 0.6 is 39.1 Å². The van der Waals surface area contributed by atoms with E-state index in [-0.39, 0.29) is 6.61 Å². The molecule has 0 fully saturated rings. The molecule has 0 atom stereocenters. The summed E-state index contributed by atoms with van der Waals surface area (Å²) in [5, 5.41) is 5.52. The molecule has 1 aromatic heterocycles. The Morgan fingerprint density at radius 2 is 1.77 bits per heavy atom. The maximum atomic E-state index is 12.7. The molecule has 6 nitrogen and oxygen atoms in total. The highest BCUT2D eigenvalue weighted by molar-refractivity contribution is 9.10. The Hall–Kier alpha value is -2.87. The van der Waals surface area contributed by atoms with Gasteiger partial charge in [0, 0.05) is 15.6 Å². The van der Waals surface area contributed by atoms with Crippen LogP contribution in [0, 0.1) is 0 Å². The van der Waals surface area contributed by atoms with Crippen molar-refractivity contribution in [1.29, 1.82) is 0 Å². The smallest absolute Gasteiger partial charge is 0.349 e. The lowest BCUT2D eigenvalue weighted by Crippen LogP contribution is -2.32. The molecule has 0 aliphatic heterocycles. The van der Waals surface area contributed by atoms with Crippen molar-refractivity contribution in [3.05, 3.63) is 107 Å². The van der Waals surface area contributed by atoms with Gasteiger partial charge in [0.25, 0.3) is 5.56 Å². The van der Waals surface area contributed by atoms with Crippen molar-refractivity contribution < 1.29 is 4.74 Å². The number of aromatic amines is 1. The van der Waals surface area contributed by atoms with E-state index in [0.29, 0.717) is 36.7 Å². The highest BCUT2D eigenvalue weighted by atomic mass is 79.9. The number of fused-ring (bicyclic) bond motifs is 1. The van der Waals surface area contributed by atoms with Crippen molar-refractivity contribution in [3.63, 3.8) is 0 Å². The predicted molar refractivity (Wildman–Crippen MR) is 127 cm³/mol. The van der Waals surface area contributed by atoms with Gasteiger partial charge < -0.3 is 9.72 Å². The molecule has 4 rings (SSSR count). The minimum absolute atomic E-state index is 0.273. The van der Waals surface area contributed by atoms with E-state index in [4.69, 9.17) is 27.9 Å². The fourth-order valence-electron chi connectivity index (χ4n) is 2.94. The van der Waals surface area contributed by atoms with Gasteiger partial charge in [-0.25, -0.2) is 4.79 Å². The van der Waals surface area contributed by atoms with E-state index in [1.165, 1.54) is 6.21 Å². The second-order valence-corrected chi connectivity index (χ2v) is 8.29. The molecule has 0 bridgehead atoms. The normalized spacial score (nSPS) is 11.3. The molecule has 4 aromatic rings. The van der Waals surface area contributed by atoms with Crippen molar-refractivity contribution in [2.75, 3.05) is 0 Å². The molecular weight excluding hydrogens is 505 g/mol. The molecule has 0 spiro atoms. The summed E-state index contributed by atoms with van der Waals surface area (Å²) in [6.07, 6.45) is 1.36. The van der Waals surface area contributed by atoms with Crippen molar-refractivity contribution in [3.8, 4) is 5.75 Å². The molecule has 0 aliphatic rings. The first-order chi connectivity index (χ1) is 14.9. The summed E-state index contributed by atoms with van der Waals surface area (Å²) < 4.78 is 7.33. The number of nitrogens with one attached hydrogen (secondary N) is 1. The number of halogens is 3. The predicted octanol–water partition coefficient (Wildman–Crippen LogP) is 5.22. The Balaban J connectivity index is 1.71. The second kappa shape index (κ2) is 9.09. The first-order valence-electron chi connectivity index (χ1n) is 9.07. The molecule has 1 heterocycles. The standard InChI is InChI=1S/C22H14BrCl2N3O3/c23-18-10-16(25)9-14(20(18)31-12-13-5-7-15(24)8-6-13)11-26-28-21(29)17-3-1-2-4-19(17)27-22(28)30/h1-11H,12H2,(H,27,30). The SMILES string of the molecule is O=c1[nH]c2ccccc2c(=O)n1N=Cc1cc(Cl)cc(Br)c1OCc1ccc(Cl)cc1. The van der Waals surface area contributed by atoms with Gasteiger partial charge in [-0.15, -0.1) is 4.68 Å². The number of para-hydroxylation sites is 1. The average Bonchev–Trinajstić information content (AvgIpc) is 2.74. The molecule has 9 heteroatoms. The van der Waals surface area contributed by atoms with Crippen LogP contribution in [0.4, 0.5) is 0 Å². The number of nitrogens with zero attached hydrogens (tertiary/aromatic N) is 2. The van der Waals surface area contributed by atoms with Gasteiger partial charge in [-0.2, -0.15) is 5.10 Å². The van der Waals surface area contributed by atoms with Crippen LogP contribution in [0.2, 0.25) is 10.0 Å². The van der Waals surface area contributed by atoms with Gasteiger partial charge in [0.05, 0.1) is 21.6 Å². The molecule has 31 heavy (non-hydrogen) atoms. The molecule has 0 amide bonds. The Bertz CT molecular complexity index is 1410. The highest BCUT2D eigenvalue weighted by Crippen LogP contribution is 2.32. The first-order valence-corrected chi connectivity index (χ1v) is 10.6. The van der Waals surface area contributed by atoms with Gasteiger partial charge in [0.1, 0.15) is 12.4 Å². The molecule has 156 valence electrons. The third-order valence-electron chi connectivity index (χ3n) is 4.43. The van der Waals surface area contributed by atoms with Crippen molar-refractivity contribution in [2.45, 2.75) is 6.61 Å². The lowest BCUT2D eigenvalue weighted by atomic mass is 10.2. The Labute approximate surface area is 194 Å². The minimum Gasteiger partial charge on any atom is -0.487 e. The maximum absolute atomic E-state index is 12.7. The number of H-pyrrole nitrogens is 1. The van der Waals surface area contributed by atoms with E-state index in [1.807, 2.05) is 12.1 Å². The van der Waals surface area contributed by atoms with E-state index in [9.17, 15) is 9.59 Å². The summed E-state index contributed by atoms with van der Waals surface area (Å²) in [6.45, 7) is 0.273. The number of benzene rings is 3.